The zero-order valence-corrected chi connectivity index (χ0v) is 18.5. The van der Waals surface area contributed by atoms with E-state index in [-0.39, 0.29) is 13.2 Å². The van der Waals surface area contributed by atoms with Crippen molar-refractivity contribution in [2.24, 2.45) is 5.11 Å². The van der Waals surface area contributed by atoms with Gasteiger partial charge in [-0.05, 0) is 40.4 Å². The van der Waals surface area contributed by atoms with Gasteiger partial charge in [0.05, 0.1) is 13.2 Å². The predicted molar refractivity (Wildman–Crippen MR) is 125 cm³/mol. The van der Waals surface area contributed by atoms with Crippen LogP contribution in [-0.4, -0.2) is 40.6 Å². The van der Waals surface area contributed by atoms with E-state index < -0.39 is 29.3 Å². The number of fused-ring (bicyclic) bond motifs is 1. The van der Waals surface area contributed by atoms with Gasteiger partial charge >= 0.3 is 0 Å². The summed E-state index contributed by atoms with van der Waals surface area (Å²) in [4.78, 5) is 2.99. The average molecular weight is 452 g/mol. The number of benzene rings is 3. The first-order chi connectivity index (χ1) is 15.5. The van der Waals surface area contributed by atoms with Crippen molar-refractivity contribution in [3.63, 3.8) is 0 Å². The largest absolute Gasteiger partial charge is 0.394 e. The van der Waals surface area contributed by atoms with Crippen molar-refractivity contribution >= 4 is 23.4 Å². The van der Waals surface area contributed by atoms with Crippen LogP contribution in [-0.2, 0) is 21.6 Å². The van der Waals surface area contributed by atoms with E-state index >= 15 is 0 Å². The van der Waals surface area contributed by atoms with Crippen LogP contribution < -0.4 is 0 Å². The van der Waals surface area contributed by atoms with E-state index in [0.29, 0.717) is 5.56 Å². The van der Waals surface area contributed by atoms with E-state index in [1.165, 1.54) is 0 Å². The molecule has 0 bridgehead atoms. The Labute approximate surface area is 191 Å². The number of rotatable bonds is 6. The number of nitrogens with zero attached hydrogens (tertiary/aromatic N) is 3. The summed E-state index contributed by atoms with van der Waals surface area (Å²) in [5.41, 5.74) is 9.30. The monoisotopic (exact) mass is 451 g/mol. The molecule has 0 spiro atoms. The predicted octanol–water partition coefficient (Wildman–Crippen LogP) is 4.25. The number of azide groups is 1. The molecule has 32 heavy (non-hydrogen) atoms. The molecule has 1 aliphatic heterocycles. The Morgan fingerprint density at radius 3 is 2.53 bits per heavy atom. The van der Waals surface area contributed by atoms with Crippen LogP contribution in [0.2, 0.25) is 0 Å². The van der Waals surface area contributed by atoms with E-state index in [1.54, 1.807) is 12.1 Å². The van der Waals surface area contributed by atoms with Gasteiger partial charge in [-0.25, -0.2) is 0 Å². The second-order valence-corrected chi connectivity index (χ2v) is 8.46. The summed E-state index contributed by atoms with van der Waals surface area (Å²) < 4.78 is 12.0. The lowest BCUT2D eigenvalue weighted by Gasteiger charge is -2.48. The van der Waals surface area contributed by atoms with Gasteiger partial charge in [0.25, 0.3) is 0 Å². The van der Waals surface area contributed by atoms with Gasteiger partial charge in [-0.15, -0.1) is 12.6 Å². The first-order valence-electron chi connectivity index (χ1n) is 10.3. The number of aryl methyl sites for hydroxylation is 1. The molecule has 3 aromatic carbocycles. The molecular weight excluding hydrogens is 426 g/mol. The fraction of sp³-hybridized carbons (Fsp3) is 0.333. The summed E-state index contributed by atoms with van der Waals surface area (Å²) in [6.45, 7) is 1.74. The normalized spacial score (nSPS) is 27.8. The van der Waals surface area contributed by atoms with E-state index in [9.17, 15) is 15.7 Å². The summed E-state index contributed by atoms with van der Waals surface area (Å²) in [6, 6.07) is 21.2. The Hall–Kier alpha value is -2.58. The number of hydrogen-bond acceptors (Lipinski definition) is 6. The Morgan fingerprint density at radius 2 is 1.84 bits per heavy atom. The van der Waals surface area contributed by atoms with Gasteiger partial charge in [-0.1, -0.05) is 71.3 Å². The highest BCUT2D eigenvalue weighted by Gasteiger charge is 2.56. The number of hydrogen-bond donors (Lipinski definition) is 3. The number of ether oxygens (including phenoxy) is 2. The SMILES string of the molecule is Cc1ccc([C@@]2(N=[N+]=[N-])[C@H](S)O[C@H](CO)[C@@H](OCc3ccc4ccccc4c3)[C@@H]2O)cc1. The maximum absolute atomic E-state index is 11.4. The van der Waals surface area contributed by atoms with Crippen LogP contribution in [0.5, 0.6) is 0 Å². The van der Waals surface area contributed by atoms with Crippen molar-refractivity contribution in [3.05, 3.63) is 93.9 Å². The van der Waals surface area contributed by atoms with Crippen LogP contribution in [0.4, 0.5) is 0 Å². The number of aliphatic hydroxyl groups is 2. The molecule has 0 amide bonds. The van der Waals surface area contributed by atoms with Crippen LogP contribution >= 0.6 is 12.6 Å². The minimum absolute atomic E-state index is 0.184. The van der Waals surface area contributed by atoms with Crippen LogP contribution in [0.15, 0.2) is 71.8 Å². The summed E-state index contributed by atoms with van der Waals surface area (Å²) >= 11 is 4.49. The lowest BCUT2D eigenvalue weighted by Crippen LogP contribution is -2.62. The highest BCUT2D eigenvalue weighted by molar-refractivity contribution is 7.80. The lowest BCUT2D eigenvalue weighted by atomic mass is 9.79. The average Bonchev–Trinajstić information content (AvgIpc) is 2.81. The van der Waals surface area contributed by atoms with Crippen molar-refractivity contribution in [3.8, 4) is 0 Å². The fourth-order valence-electron chi connectivity index (χ4n) is 4.19. The standard InChI is InChI=1S/C24H25N3O4S/c1-15-6-10-19(11-7-15)24(26-27-25)22(29)21(20(13-28)31-23(24)32)30-14-16-8-9-17-4-2-3-5-18(17)12-16/h2-12,20-23,28-29,32H,13-14H2,1H3/t20-,21-,22+,23+,24+/m1/s1. The van der Waals surface area contributed by atoms with Gasteiger partial charge in [0.15, 0.2) is 0 Å². The molecule has 1 aliphatic rings. The molecule has 4 rings (SSSR count). The van der Waals surface area contributed by atoms with Crippen LogP contribution in [0, 0.1) is 6.92 Å². The van der Waals surface area contributed by atoms with E-state index in [0.717, 1.165) is 21.9 Å². The zero-order valence-electron chi connectivity index (χ0n) is 17.6. The summed E-state index contributed by atoms with van der Waals surface area (Å²) in [7, 11) is 0. The molecule has 1 saturated heterocycles. The molecule has 8 heteroatoms. The number of thiol groups is 1. The topological polar surface area (TPSA) is 108 Å². The van der Waals surface area contributed by atoms with Crippen molar-refractivity contribution in [2.75, 3.05) is 6.61 Å². The Balaban J connectivity index is 1.66. The molecular formula is C24H25N3O4S. The minimum atomic E-state index is -1.52. The van der Waals surface area contributed by atoms with E-state index in [2.05, 4.69) is 22.7 Å². The van der Waals surface area contributed by atoms with Crippen molar-refractivity contribution in [1.29, 1.82) is 0 Å². The molecule has 5 atom stereocenters. The first kappa shape index (κ1) is 22.6. The van der Waals surface area contributed by atoms with E-state index in [4.69, 9.17) is 9.47 Å². The van der Waals surface area contributed by atoms with Gasteiger partial charge < -0.3 is 19.7 Å². The molecule has 0 aromatic heterocycles. The second kappa shape index (κ2) is 9.50. The molecule has 7 nitrogen and oxygen atoms in total. The minimum Gasteiger partial charge on any atom is -0.394 e. The first-order valence-corrected chi connectivity index (χ1v) is 10.9. The lowest BCUT2D eigenvalue weighted by molar-refractivity contribution is -0.215. The van der Waals surface area contributed by atoms with Crippen LogP contribution in [0.3, 0.4) is 0 Å². The van der Waals surface area contributed by atoms with Crippen molar-refractivity contribution in [1.82, 2.24) is 0 Å². The molecule has 1 heterocycles. The third-order valence-electron chi connectivity index (χ3n) is 5.97. The quantitative estimate of drug-likeness (QED) is 0.225. The summed E-state index contributed by atoms with van der Waals surface area (Å²) in [5, 5.41) is 27.5. The molecule has 0 unspecified atom stereocenters. The molecule has 1 fully saturated rings. The van der Waals surface area contributed by atoms with Crippen molar-refractivity contribution in [2.45, 2.75) is 42.8 Å². The van der Waals surface area contributed by atoms with Crippen LogP contribution in [0.25, 0.3) is 21.2 Å². The van der Waals surface area contributed by atoms with Crippen molar-refractivity contribution < 1.29 is 19.7 Å². The third kappa shape index (κ3) is 4.09. The Bertz CT molecular complexity index is 1140. The number of aliphatic hydroxyl groups excluding tert-OH is 2. The summed E-state index contributed by atoms with van der Waals surface area (Å²) in [5.74, 6) is 0. The molecule has 3 aromatic rings. The maximum atomic E-state index is 11.4. The molecule has 0 radical (unpaired) electrons. The van der Waals surface area contributed by atoms with Gasteiger partial charge in [0.1, 0.15) is 29.3 Å². The Kier molecular flexibility index (Phi) is 6.71. The van der Waals surface area contributed by atoms with E-state index in [1.807, 2.05) is 61.5 Å². The summed E-state index contributed by atoms with van der Waals surface area (Å²) in [6.07, 6.45) is -3.07. The van der Waals surface area contributed by atoms with Gasteiger partial charge in [-0.3, -0.25) is 0 Å². The maximum Gasteiger partial charge on any atom is 0.137 e. The molecule has 2 N–H and O–H groups in total. The smallest absolute Gasteiger partial charge is 0.137 e. The van der Waals surface area contributed by atoms with Gasteiger partial charge in [0.2, 0.25) is 0 Å². The highest BCUT2D eigenvalue weighted by Crippen LogP contribution is 2.44. The van der Waals surface area contributed by atoms with Gasteiger partial charge in [-0.2, -0.15) is 0 Å². The third-order valence-corrected chi connectivity index (χ3v) is 6.48. The molecule has 166 valence electrons. The molecule has 0 aliphatic carbocycles. The van der Waals surface area contributed by atoms with Gasteiger partial charge in [0, 0.05) is 4.91 Å². The second-order valence-electron chi connectivity index (χ2n) is 7.99. The zero-order chi connectivity index (χ0) is 22.7. The fourth-order valence-corrected chi connectivity index (χ4v) is 4.70. The molecule has 0 saturated carbocycles. The van der Waals surface area contributed by atoms with Crippen LogP contribution in [0.1, 0.15) is 16.7 Å². The Morgan fingerprint density at radius 1 is 1.12 bits per heavy atom. The highest BCUT2D eigenvalue weighted by atomic mass is 32.1.